The number of nitrogens with zero attached hydrogens (tertiary/aromatic N) is 1. The van der Waals surface area contributed by atoms with Gasteiger partial charge in [0, 0.05) is 18.3 Å². The Morgan fingerprint density at radius 1 is 1.12 bits per heavy atom. The smallest absolute Gasteiger partial charge is 0.269 e. The lowest BCUT2D eigenvalue weighted by Crippen LogP contribution is -1.87. The van der Waals surface area contributed by atoms with Crippen molar-refractivity contribution in [1.82, 2.24) is 4.98 Å². The van der Waals surface area contributed by atoms with Gasteiger partial charge in [-0.05, 0) is 35.4 Å². The fraction of sp³-hybridized carbons (Fsp3) is 0. The van der Waals surface area contributed by atoms with Crippen LogP contribution in [0.1, 0.15) is 0 Å². The molecule has 0 aliphatic carbocycles. The number of nitrogens with one attached hydrogen (secondary N) is 1. The Hall–Kier alpha value is -2.01. The number of aromatic amines is 1. The van der Waals surface area contributed by atoms with Gasteiger partial charge in [0.05, 0.1) is 4.92 Å². The molecule has 0 spiro atoms. The molecule has 0 saturated carbocycles. The summed E-state index contributed by atoms with van der Waals surface area (Å²) in [4.78, 5) is 12.9. The second-order valence-corrected chi connectivity index (χ2v) is 3.69. The van der Waals surface area contributed by atoms with Crippen LogP contribution in [-0.4, -0.2) is 9.91 Å². The van der Waals surface area contributed by atoms with Gasteiger partial charge in [-0.3, -0.25) is 10.1 Å². The number of benzene rings is 1. The number of nitro groups is 1. The first kappa shape index (κ1) is 10.5. The van der Waals surface area contributed by atoms with Gasteiger partial charge in [0.2, 0.25) is 0 Å². The summed E-state index contributed by atoms with van der Waals surface area (Å²) in [6.07, 6.45) is 1.75. The maximum Gasteiger partial charge on any atom is 0.269 e. The van der Waals surface area contributed by atoms with Gasteiger partial charge in [-0.15, -0.1) is 0 Å². The lowest BCUT2D eigenvalue weighted by molar-refractivity contribution is -0.384. The van der Waals surface area contributed by atoms with Crippen LogP contribution in [0.3, 0.4) is 0 Å². The molecule has 80 valence electrons. The van der Waals surface area contributed by atoms with Crippen LogP contribution >= 0.6 is 12.2 Å². The minimum absolute atomic E-state index is 0.0878. The Bertz CT molecular complexity index is 575. The van der Waals surface area contributed by atoms with Crippen molar-refractivity contribution in [3.63, 3.8) is 0 Å². The van der Waals surface area contributed by atoms with Crippen molar-refractivity contribution in [2.75, 3.05) is 0 Å². The summed E-state index contributed by atoms with van der Waals surface area (Å²) >= 11 is 5.00. The van der Waals surface area contributed by atoms with Crippen LogP contribution in [0.4, 0.5) is 5.69 Å². The van der Waals surface area contributed by atoms with Crippen molar-refractivity contribution in [3.8, 4) is 11.1 Å². The van der Waals surface area contributed by atoms with E-state index in [0.29, 0.717) is 4.64 Å². The van der Waals surface area contributed by atoms with Crippen LogP contribution in [0, 0.1) is 14.8 Å². The van der Waals surface area contributed by atoms with Gasteiger partial charge in [-0.25, -0.2) is 0 Å². The molecule has 2 rings (SSSR count). The van der Waals surface area contributed by atoms with Gasteiger partial charge in [0.15, 0.2) is 0 Å². The van der Waals surface area contributed by atoms with Crippen molar-refractivity contribution < 1.29 is 4.92 Å². The van der Waals surface area contributed by atoms with Crippen molar-refractivity contribution in [2.24, 2.45) is 0 Å². The second-order valence-electron chi connectivity index (χ2n) is 3.25. The molecule has 5 heteroatoms. The van der Waals surface area contributed by atoms with Crippen LogP contribution < -0.4 is 0 Å². The highest BCUT2D eigenvalue weighted by Gasteiger charge is 2.04. The van der Waals surface area contributed by atoms with E-state index in [0.717, 1.165) is 11.1 Å². The number of rotatable bonds is 2. The molecule has 2 aromatic rings. The monoisotopic (exact) mass is 232 g/mol. The molecule has 0 amide bonds. The highest BCUT2D eigenvalue weighted by Crippen LogP contribution is 2.21. The number of non-ortho nitro benzene ring substituents is 1. The zero-order valence-electron chi connectivity index (χ0n) is 8.21. The first-order valence-electron chi connectivity index (χ1n) is 4.60. The van der Waals surface area contributed by atoms with E-state index in [2.05, 4.69) is 4.98 Å². The van der Waals surface area contributed by atoms with Gasteiger partial charge in [0.1, 0.15) is 4.64 Å². The highest BCUT2D eigenvalue weighted by atomic mass is 32.1. The first-order chi connectivity index (χ1) is 7.66. The van der Waals surface area contributed by atoms with E-state index in [1.807, 2.05) is 12.1 Å². The summed E-state index contributed by atoms with van der Waals surface area (Å²) in [5.74, 6) is 0. The minimum Gasteiger partial charge on any atom is -0.353 e. The predicted octanol–water partition coefficient (Wildman–Crippen LogP) is 3.32. The maximum absolute atomic E-state index is 10.5. The lowest BCUT2D eigenvalue weighted by Gasteiger charge is -2.00. The Labute approximate surface area is 96.7 Å². The van der Waals surface area contributed by atoms with Crippen molar-refractivity contribution in [2.45, 2.75) is 0 Å². The molecule has 1 aromatic heterocycles. The molecule has 1 heterocycles. The van der Waals surface area contributed by atoms with Gasteiger partial charge in [0.25, 0.3) is 5.69 Å². The summed E-state index contributed by atoms with van der Waals surface area (Å²) < 4.78 is 0.635. The number of aromatic nitrogens is 1. The zero-order chi connectivity index (χ0) is 11.5. The average Bonchev–Trinajstić information content (AvgIpc) is 2.29. The summed E-state index contributed by atoms with van der Waals surface area (Å²) in [6, 6.07) is 10.1. The molecule has 0 aliphatic rings. The molecule has 16 heavy (non-hydrogen) atoms. The molecule has 1 aromatic carbocycles. The molecular formula is C11H8N2O2S. The predicted molar refractivity (Wildman–Crippen MR) is 63.7 cm³/mol. The molecular weight excluding hydrogens is 224 g/mol. The van der Waals surface area contributed by atoms with E-state index in [1.165, 1.54) is 12.1 Å². The van der Waals surface area contributed by atoms with Crippen LogP contribution in [0.25, 0.3) is 11.1 Å². The first-order valence-corrected chi connectivity index (χ1v) is 5.01. The fourth-order valence-corrected chi connectivity index (χ4v) is 1.59. The van der Waals surface area contributed by atoms with E-state index in [9.17, 15) is 10.1 Å². The third-order valence-electron chi connectivity index (χ3n) is 2.19. The third-order valence-corrected chi connectivity index (χ3v) is 2.42. The van der Waals surface area contributed by atoms with Gasteiger partial charge >= 0.3 is 0 Å². The largest absolute Gasteiger partial charge is 0.353 e. The summed E-state index contributed by atoms with van der Waals surface area (Å²) in [7, 11) is 0. The molecule has 0 fully saturated rings. The normalized spacial score (nSPS) is 10.0. The quantitative estimate of drug-likeness (QED) is 0.491. The summed E-state index contributed by atoms with van der Waals surface area (Å²) in [5.41, 5.74) is 1.94. The zero-order valence-corrected chi connectivity index (χ0v) is 9.03. The van der Waals surface area contributed by atoms with Gasteiger partial charge in [-0.1, -0.05) is 12.2 Å². The van der Waals surface area contributed by atoms with Crippen molar-refractivity contribution >= 4 is 17.9 Å². The molecule has 0 bridgehead atoms. The van der Waals surface area contributed by atoms with E-state index < -0.39 is 4.92 Å². The van der Waals surface area contributed by atoms with E-state index >= 15 is 0 Å². The van der Waals surface area contributed by atoms with Gasteiger partial charge in [-0.2, -0.15) is 0 Å². The number of hydrogen-bond donors (Lipinski definition) is 1. The highest BCUT2D eigenvalue weighted by molar-refractivity contribution is 7.71. The molecule has 0 atom stereocenters. The lowest BCUT2D eigenvalue weighted by atomic mass is 10.1. The number of hydrogen-bond acceptors (Lipinski definition) is 3. The summed E-state index contributed by atoms with van der Waals surface area (Å²) in [5, 5.41) is 10.5. The molecule has 0 radical (unpaired) electrons. The minimum atomic E-state index is -0.416. The van der Waals surface area contributed by atoms with E-state index in [4.69, 9.17) is 12.2 Å². The Kier molecular flexibility index (Phi) is 2.78. The molecule has 1 N–H and O–H groups in total. The van der Waals surface area contributed by atoms with Gasteiger partial charge < -0.3 is 4.98 Å². The van der Waals surface area contributed by atoms with Crippen molar-refractivity contribution in [1.29, 1.82) is 0 Å². The standard InChI is InChI=1S/C11H8N2O2S/c14-13(15)10-3-1-8(2-4-10)9-5-6-12-11(16)7-9/h1-7H,(H,12,16). The third kappa shape index (κ3) is 2.14. The summed E-state index contributed by atoms with van der Waals surface area (Å²) in [6.45, 7) is 0. The molecule has 4 nitrogen and oxygen atoms in total. The average molecular weight is 232 g/mol. The van der Waals surface area contributed by atoms with E-state index in [-0.39, 0.29) is 5.69 Å². The van der Waals surface area contributed by atoms with E-state index in [1.54, 1.807) is 18.3 Å². The maximum atomic E-state index is 10.5. The fourth-order valence-electron chi connectivity index (χ4n) is 1.40. The topological polar surface area (TPSA) is 58.9 Å². The number of pyridine rings is 1. The Morgan fingerprint density at radius 3 is 2.38 bits per heavy atom. The molecule has 0 unspecified atom stereocenters. The Morgan fingerprint density at radius 2 is 1.81 bits per heavy atom. The second kappa shape index (κ2) is 4.24. The van der Waals surface area contributed by atoms with Crippen LogP contribution in [0.5, 0.6) is 0 Å². The number of H-pyrrole nitrogens is 1. The Balaban J connectivity index is 2.42. The molecule has 0 saturated heterocycles. The van der Waals surface area contributed by atoms with Crippen LogP contribution in [-0.2, 0) is 0 Å². The SMILES string of the molecule is O=[N+]([O-])c1ccc(-c2cc[nH]c(=S)c2)cc1. The number of nitro benzene ring substituents is 1. The van der Waals surface area contributed by atoms with Crippen LogP contribution in [0.2, 0.25) is 0 Å². The van der Waals surface area contributed by atoms with Crippen molar-refractivity contribution in [3.05, 3.63) is 57.3 Å². The molecule has 0 aliphatic heterocycles. The van der Waals surface area contributed by atoms with Crippen LogP contribution in [0.15, 0.2) is 42.6 Å².